The third-order valence-electron chi connectivity index (χ3n) is 9.56. The van der Waals surface area contributed by atoms with Crippen molar-refractivity contribution in [2.24, 2.45) is 28.1 Å². The predicted octanol–water partition coefficient (Wildman–Crippen LogP) is 2.04. The molecule has 5 amide bonds. The molecule has 0 spiro atoms. The van der Waals surface area contributed by atoms with Crippen LogP contribution in [0.1, 0.15) is 67.4 Å². The Morgan fingerprint density at radius 2 is 1.61 bits per heavy atom. The molecule has 1 aromatic rings. The van der Waals surface area contributed by atoms with Crippen LogP contribution >= 0.6 is 0 Å². The first kappa shape index (κ1) is 40.0. The van der Waals surface area contributed by atoms with E-state index in [1.54, 1.807) is 45.3 Å². The lowest BCUT2D eigenvalue weighted by Gasteiger charge is -2.38. The number of aromatic nitrogens is 1. The second kappa shape index (κ2) is 15.2. The van der Waals surface area contributed by atoms with E-state index in [1.807, 2.05) is 34.6 Å². The molecule has 13 nitrogen and oxygen atoms in total. The molecule has 2 heterocycles. The van der Waals surface area contributed by atoms with Crippen molar-refractivity contribution in [3.63, 3.8) is 0 Å². The number of piperidine rings is 1. The average Bonchev–Trinajstić information content (AvgIpc) is 3.28. The summed E-state index contributed by atoms with van der Waals surface area (Å²) < 4.78 is 53.1. The first-order chi connectivity index (χ1) is 22.4. The number of nitrogens with zero attached hydrogens (tertiary/aromatic N) is 2. The Morgan fingerprint density at radius 3 is 2.14 bits per heavy atom. The van der Waals surface area contributed by atoms with Gasteiger partial charge in [-0.3, -0.25) is 19.4 Å². The minimum Gasteiger partial charge on any atom is -0.354 e. The smallest absolute Gasteiger partial charge is 0.315 e. The van der Waals surface area contributed by atoms with E-state index in [1.165, 1.54) is 4.90 Å². The Kier molecular flexibility index (Phi) is 12.4. The molecule has 1 aliphatic carbocycles. The molecule has 49 heavy (non-hydrogen) atoms. The lowest BCUT2D eigenvalue weighted by atomic mass is 9.85. The van der Waals surface area contributed by atoms with E-state index in [9.17, 15) is 36.4 Å². The lowest BCUT2D eigenvalue weighted by molar-refractivity contribution is -0.144. The monoisotopic (exact) mass is 713 g/mol. The molecule has 0 unspecified atom stereocenters. The van der Waals surface area contributed by atoms with Crippen molar-refractivity contribution in [1.29, 1.82) is 0 Å². The Hall–Kier alpha value is -3.40. The maximum atomic E-state index is 14.2. The molecule has 2 aliphatic rings. The first-order valence-electron chi connectivity index (χ1n) is 16.5. The SMILES string of the molecule is CC(C)(C)[C@H](NC(=O)N[C@H](CNS(C)(=O)=O)C(C)(C)C)C(=O)N1C[C@H]2[C@@H]([C@H]1C(=O)N[C@@H](CC(F)F)C(=O)NCCc1ccncc1)C2(C)C. The van der Waals surface area contributed by atoms with Crippen LogP contribution in [0.5, 0.6) is 0 Å². The van der Waals surface area contributed by atoms with E-state index in [-0.39, 0.29) is 36.9 Å². The lowest BCUT2D eigenvalue weighted by Crippen LogP contribution is -2.62. The van der Waals surface area contributed by atoms with Crippen molar-refractivity contribution in [3.05, 3.63) is 30.1 Å². The second-order valence-electron chi connectivity index (χ2n) is 15.9. The van der Waals surface area contributed by atoms with Gasteiger partial charge in [0.25, 0.3) is 0 Å². The van der Waals surface area contributed by atoms with Crippen molar-refractivity contribution in [2.45, 2.75) is 98.8 Å². The van der Waals surface area contributed by atoms with E-state index in [4.69, 9.17) is 0 Å². The van der Waals surface area contributed by atoms with E-state index >= 15 is 0 Å². The average molecular weight is 714 g/mol. The standard InChI is InChI=1S/C33H53F2N7O6S/c1-31(2,3)22(17-38-49(9,47)48)40-30(46)41-26(32(4,5)6)29(45)42-18-20-24(33(20,7)8)25(42)28(44)39-21(16-23(34)35)27(43)37-15-12-19-10-13-36-14-11-19/h10-11,13-14,20-26,38H,12,15-18H2,1-9H3,(H,37,43)(H,39,44)(H2,40,41,46)/t20-,21-,22+,24-,25-,26+/m0/s1. The molecule has 0 bridgehead atoms. The Labute approximate surface area is 288 Å². The van der Waals surface area contributed by atoms with Crippen molar-refractivity contribution < 1.29 is 36.4 Å². The molecule has 1 aromatic heterocycles. The maximum absolute atomic E-state index is 14.2. The summed E-state index contributed by atoms with van der Waals surface area (Å²) in [6, 6.07) is -1.48. The van der Waals surface area contributed by atoms with E-state index in [2.05, 4.69) is 31.0 Å². The molecule has 0 aromatic carbocycles. The summed E-state index contributed by atoms with van der Waals surface area (Å²) in [5.41, 5.74) is -0.797. The quantitative estimate of drug-likeness (QED) is 0.196. The summed E-state index contributed by atoms with van der Waals surface area (Å²) >= 11 is 0. The van der Waals surface area contributed by atoms with Gasteiger partial charge in [-0.2, -0.15) is 0 Å². The molecule has 2 fully saturated rings. The van der Waals surface area contributed by atoms with Gasteiger partial charge in [0.1, 0.15) is 18.1 Å². The number of fused-ring (bicyclic) bond motifs is 1. The summed E-state index contributed by atoms with van der Waals surface area (Å²) in [6.07, 6.45) is 0.883. The van der Waals surface area contributed by atoms with Crippen molar-refractivity contribution in [1.82, 2.24) is 35.9 Å². The normalized spacial score (nSPS) is 22.0. The number of likely N-dealkylation sites (tertiary alicyclic amines) is 1. The van der Waals surface area contributed by atoms with Crippen molar-refractivity contribution in [2.75, 3.05) is 25.9 Å². The molecule has 276 valence electrons. The topological polar surface area (TPSA) is 179 Å². The van der Waals surface area contributed by atoms with Gasteiger partial charge < -0.3 is 26.2 Å². The maximum Gasteiger partial charge on any atom is 0.315 e. The fourth-order valence-corrected chi connectivity index (χ4v) is 6.91. The minimum atomic E-state index is -3.54. The number of carbonyl (C=O) groups is 4. The zero-order valence-electron chi connectivity index (χ0n) is 29.9. The Morgan fingerprint density at radius 1 is 1.00 bits per heavy atom. The van der Waals surface area contributed by atoms with E-state index < -0.39 is 81.6 Å². The van der Waals surface area contributed by atoms with Gasteiger partial charge in [-0.15, -0.1) is 0 Å². The third kappa shape index (κ3) is 10.8. The highest BCUT2D eigenvalue weighted by atomic mass is 32.2. The van der Waals surface area contributed by atoms with Crippen molar-refractivity contribution >= 4 is 33.8 Å². The van der Waals surface area contributed by atoms with Crippen LogP contribution in [0.3, 0.4) is 0 Å². The molecule has 1 aliphatic heterocycles. The summed E-state index contributed by atoms with van der Waals surface area (Å²) in [7, 11) is -3.54. The number of pyridine rings is 1. The molecular formula is C33H53F2N7O6S. The van der Waals surface area contributed by atoms with Crippen LogP contribution in [0.2, 0.25) is 0 Å². The van der Waals surface area contributed by atoms with Gasteiger partial charge >= 0.3 is 6.03 Å². The van der Waals surface area contributed by atoms with Crippen LogP contribution in [0, 0.1) is 28.1 Å². The number of carbonyl (C=O) groups excluding carboxylic acids is 4. The van der Waals surface area contributed by atoms with Crippen LogP contribution in [-0.4, -0.2) is 98.5 Å². The molecular weight excluding hydrogens is 660 g/mol. The minimum absolute atomic E-state index is 0.0447. The predicted molar refractivity (Wildman–Crippen MR) is 181 cm³/mol. The van der Waals surface area contributed by atoms with E-state index in [0.29, 0.717) is 6.42 Å². The Bertz CT molecular complexity index is 1460. The van der Waals surface area contributed by atoms with Crippen LogP contribution in [0.4, 0.5) is 13.6 Å². The molecule has 1 saturated heterocycles. The Balaban J connectivity index is 1.78. The number of halogens is 2. The van der Waals surface area contributed by atoms with Crippen LogP contribution in [-0.2, 0) is 30.8 Å². The fourth-order valence-electron chi connectivity index (χ4n) is 6.44. The van der Waals surface area contributed by atoms with Gasteiger partial charge in [0.2, 0.25) is 34.2 Å². The van der Waals surface area contributed by atoms with Crippen LogP contribution in [0.15, 0.2) is 24.5 Å². The number of sulfonamides is 1. The highest BCUT2D eigenvalue weighted by molar-refractivity contribution is 7.88. The number of alkyl halides is 2. The van der Waals surface area contributed by atoms with Crippen molar-refractivity contribution in [3.8, 4) is 0 Å². The van der Waals surface area contributed by atoms with E-state index in [0.717, 1.165) is 11.8 Å². The van der Waals surface area contributed by atoms with Gasteiger partial charge in [-0.05, 0) is 52.2 Å². The molecule has 16 heteroatoms. The molecule has 5 N–H and O–H groups in total. The summed E-state index contributed by atoms with van der Waals surface area (Å²) in [4.78, 5) is 59.8. The van der Waals surface area contributed by atoms with Gasteiger partial charge in [0.05, 0.1) is 6.26 Å². The second-order valence-corrected chi connectivity index (χ2v) is 17.8. The summed E-state index contributed by atoms with van der Waals surface area (Å²) in [6.45, 7) is 15.0. The summed E-state index contributed by atoms with van der Waals surface area (Å²) in [5, 5.41) is 10.7. The molecule has 0 radical (unpaired) electrons. The number of hydrogen-bond acceptors (Lipinski definition) is 7. The number of hydrogen-bond donors (Lipinski definition) is 5. The molecule has 6 atom stereocenters. The zero-order valence-corrected chi connectivity index (χ0v) is 30.7. The highest BCUT2D eigenvalue weighted by Crippen LogP contribution is 2.65. The zero-order chi connectivity index (χ0) is 37.1. The summed E-state index contributed by atoms with van der Waals surface area (Å²) in [5.74, 6) is -2.32. The first-order valence-corrected chi connectivity index (χ1v) is 18.4. The van der Waals surface area contributed by atoms with Gasteiger partial charge in [-0.1, -0.05) is 55.4 Å². The van der Waals surface area contributed by atoms with Gasteiger partial charge in [0.15, 0.2) is 0 Å². The number of amides is 5. The number of rotatable bonds is 14. The molecule has 3 rings (SSSR count). The number of urea groups is 1. The third-order valence-corrected chi connectivity index (χ3v) is 10.2. The van der Waals surface area contributed by atoms with Gasteiger partial charge in [0, 0.05) is 44.5 Å². The highest BCUT2D eigenvalue weighted by Gasteiger charge is 2.70. The fraction of sp³-hybridized carbons (Fsp3) is 0.727. The van der Waals surface area contributed by atoms with Crippen LogP contribution in [0.25, 0.3) is 0 Å². The molecule has 1 saturated carbocycles. The van der Waals surface area contributed by atoms with Gasteiger partial charge in [-0.25, -0.2) is 26.7 Å². The number of nitrogens with one attached hydrogen (secondary N) is 5. The largest absolute Gasteiger partial charge is 0.354 e. The van der Waals surface area contributed by atoms with Crippen LogP contribution < -0.4 is 26.0 Å².